The van der Waals surface area contributed by atoms with Crippen molar-refractivity contribution in [2.45, 2.75) is 32.1 Å². The zero-order valence-electron chi connectivity index (χ0n) is 15.8. The van der Waals surface area contributed by atoms with Gasteiger partial charge in [-0.2, -0.15) is 0 Å². The van der Waals surface area contributed by atoms with Gasteiger partial charge in [-0.3, -0.25) is 9.59 Å². The first-order valence-electron chi connectivity index (χ1n) is 9.95. The first kappa shape index (κ1) is 18.5. The number of anilines is 1. The molecule has 0 heterocycles. The van der Waals surface area contributed by atoms with Gasteiger partial charge in [0.1, 0.15) is 5.75 Å². The third-order valence-corrected chi connectivity index (χ3v) is 5.81. The minimum Gasteiger partial charge on any atom is -0.456 e. The van der Waals surface area contributed by atoms with Crippen LogP contribution in [0.2, 0.25) is 0 Å². The number of ether oxygens (including phenoxy) is 2. The van der Waals surface area contributed by atoms with Gasteiger partial charge in [0.05, 0.1) is 5.69 Å². The lowest BCUT2D eigenvalue weighted by Crippen LogP contribution is -2.23. The number of esters is 1. The molecule has 4 rings (SSSR count). The van der Waals surface area contributed by atoms with Gasteiger partial charge in [-0.1, -0.05) is 36.8 Å². The summed E-state index contributed by atoms with van der Waals surface area (Å²) in [6.07, 6.45) is 5.37. The Bertz CT molecular complexity index is 836. The lowest BCUT2D eigenvalue weighted by atomic mass is 9.86. The predicted octanol–water partition coefficient (Wildman–Crippen LogP) is 4.79. The Balaban J connectivity index is 1.27. The predicted molar refractivity (Wildman–Crippen MR) is 106 cm³/mol. The number of benzene rings is 2. The summed E-state index contributed by atoms with van der Waals surface area (Å²) in [5, 5.41) is 2.77. The van der Waals surface area contributed by atoms with Gasteiger partial charge >= 0.3 is 5.97 Å². The van der Waals surface area contributed by atoms with E-state index in [1.807, 2.05) is 42.5 Å². The van der Waals surface area contributed by atoms with E-state index in [2.05, 4.69) is 5.32 Å². The normalized spacial score (nSPS) is 22.6. The third kappa shape index (κ3) is 4.53. The monoisotopic (exact) mass is 379 g/mol. The van der Waals surface area contributed by atoms with Crippen molar-refractivity contribution < 1.29 is 19.1 Å². The molecule has 1 amide bonds. The van der Waals surface area contributed by atoms with Crippen LogP contribution >= 0.6 is 0 Å². The summed E-state index contributed by atoms with van der Waals surface area (Å²) in [6, 6.07) is 16.5. The van der Waals surface area contributed by atoms with E-state index in [4.69, 9.17) is 9.47 Å². The van der Waals surface area contributed by atoms with Crippen LogP contribution in [-0.4, -0.2) is 18.5 Å². The van der Waals surface area contributed by atoms with Crippen molar-refractivity contribution in [1.82, 2.24) is 0 Å². The largest absolute Gasteiger partial charge is 0.456 e. The van der Waals surface area contributed by atoms with Crippen molar-refractivity contribution in [3.8, 4) is 11.5 Å². The second kappa shape index (κ2) is 8.46. The van der Waals surface area contributed by atoms with E-state index in [0.717, 1.165) is 12.3 Å². The van der Waals surface area contributed by atoms with Crippen LogP contribution < -0.4 is 10.1 Å². The molecule has 2 saturated carbocycles. The Kier molecular flexibility index (Phi) is 5.60. The van der Waals surface area contributed by atoms with Crippen LogP contribution in [0.15, 0.2) is 54.6 Å². The summed E-state index contributed by atoms with van der Waals surface area (Å²) in [5.41, 5.74) is 0.542. The summed E-state index contributed by atoms with van der Waals surface area (Å²) in [5.74, 6) is 2.48. The molecule has 146 valence electrons. The Labute approximate surface area is 165 Å². The molecule has 2 aromatic carbocycles. The molecule has 2 aromatic rings. The van der Waals surface area contributed by atoms with Gasteiger partial charge in [0.2, 0.25) is 0 Å². The fourth-order valence-corrected chi connectivity index (χ4v) is 4.51. The molecule has 5 heteroatoms. The summed E-state index contributed by atoms with van der Waals surface area (Å²) < 4.78 is 11.0. The number of rotatable bonds is 7. The van der Waals surface area contributed by atoms with Gasteiger partial charge in [-0.25, -0.2) is 0 Å². The zero-order valence-corrected chi connectivity index (χ0v) is 15.8. The Morgan fingerprint density at radius 3 is 2.50 bits per heavy atom. The molecule has 28 heavy (non-hydrogen) atoms. The van der Waals surface area contributed by atoms with Crippen molar-refractivity contribution in [1.29, 1.82) is 0 Å². The highest BCUT2D eigenvalue weighted by Gasteiger charge is 2.40. The Morgan fingerprint density at radius 2 is 1.75 bits per heavy atom. The van der Waals surface area contributed by atoms with Crippen LogP contribution in [0, 0.1) is 17.8 Å². The average Bonchev–Trinajstić information content (AvgIpc) is 3.32. The van der Waals surface area contributed by atoms with Crippen molar-refractivity contribution in [3.63, 3.8) is 0 Å². The molecule has 2 bridgehead atoms. The number of carbonyl (C=O) groups is 2. The van der Waals surface area contributed by atoms with Crippen molar-refractivity contribution >= 4 is 17.6 Å². The van der Waals surface area contributed by atoms with E-state index >= 15 is 0 Å². The molecule has 5 nitrogen and oxygen atoms in total. The van der Waals surface area contributed by atoms with Gasteiger partial charge < -0.3 is 14.8 Å². The van der Waals surface area contributed by atoms with E-state index in [-0.39, 0.29) is 18.5 Å². The quantitative estimate of drug-likeness (QED) is 0.703. The number of carbonyl (C=O) groups excluding carboxylic acids is 2. The topological polar surface area (TPSA) is 64.6 Å². The molecular weight excluding hydrogens is 354 g/mol. The Hall–Kier alpha value is -2.82. The zero-order chi connectivity index (χ0) is 19.3. The highest BCUT2D eigenvalue weighted by molar-refractivity contribution is 5.94. The molecule has 3 atom stereocenters. The van der Waals surface area contributed by atoms with Crippen LogP contribution in [0.5, 0.6) is 11.5 Å². The molecule has 1 N–H and O–H groups in total. The van der Waals surface area contributed by atoms with Gasteiger partial charge in [0, 0.05) is 6.42 Å². The molecule has 0 unspecified atom stereocenters. The summed E-state index contributed by atoms with van der Waals surface area (Å²) >= 11 is 0. The van der Waals surface area contributed by atoms with Gasteiger partial charge in [-0.05, 0) is 61.3 Å². The SMILES string of the molecule is O=C(COC(=O)C[C@H]1C[C@@H]2CC[C@H]1C2)Nc1ccccc1Oc1ccccc1. The maximum absolute atomic E-state index is 12.2. The fourth-order valence-electron chi connectivity index (χ4n) is 4.51. The molecule has 2 fully saturated rings. The van der Waals surface area contributed by atoms with Crippen LogP contribution in [0.1, 0.15) is 32.1 Å². The molecule has 2 aliphatic rings. The first-order chi connectivity index (χ1) is 13.7. The van der Waals surface area contributed by atoms with Gasteiger partial charge in [0.25, 0.3) is 5.91 Å². The van der Waals surface area contributed by atoms with E-state index in [1.165, 1.54) is 19.3 Å². The van der Waals surface area contributed by atoms with Crippen molar-refractivity contribution in [2.75, 3.05) is 11.9 Å². The second-order valence-electron chi connectivity index (χ2n) is 7.76. The van der Waals surface area contributed by atoms with Gasteiger partial charge in [-0.15, -0.1) is 0 Å². The molecular formula is C23H25NO4. The Morgan fingerprint density at radius 1 is 0.964 bits per heavy atom. The molecule has 0 aromatic heterocycles. The second-order valence-corrected chi connectivity index (χ2v) is 7.76. The van der Waals surface area contributed by atoms with E-state index in [9.17, 15) is 9.59 Å². The van der Waals surface area contributed by atoms with Crippen molar-refractivity contribution in [2.24, 2.45) is 17.8 Å². The summed E-state index contributed by atoms with van der Waals surface area (Å²) in [4.78, 5) is 24.4. The van der Waals surface area contributed by atoms with Crippen LogP contribution in [0.3, 0.4) is 0 Å². The summed E-state index contributed by atoms with van der Waals surface area (Å²) in [6.45, 7) is -0.278. The lowest BCUT2D eigenvalue weighted by molar-refractivity contribution is -0.148. The highest BCUT2D eigenvalue weighted by atomic mass is 16.5. The van der Waals surface area contributed by atoms with Gasteiger partial charge in [0.15, 0.2) is 12.4 Å². The van der Waals surface area contributed by atoms with E-state index in [1.54, 1.807) is 12.1 Å². The fraction of sp³-hybridized carbons (Fsp3) is 0.391. The molecule has 0 spiro atoms. The van der Waals surface area contributed by atoms with E-state index < -0.39 is 0 Å². The third-order valence-electron chi connectivity index (χ3n) is 5.81. The van der Waals surface area contributed by atoms with Crippen LogP contribution in [0.25, 0.3) is 0 Å². The average molecular weight is 379 g/mol. The highest BCUT2D eigenvalue weighted by Crippen LogP contribution is 2.49. The number of para-hydroxylation sites is 3. The standard InChI is InChI=1S/C23H25NO4/c25-22(15-27-23(26)14-18-13-16-10-11-17(18)12-16)24-20-8-4-5-9-21(20)28-19-6-2-1-3-7-19/h1-9,16-18H,10-15H2,(H,24,25)/t16-,17+,18-/m1/s1. The number of hydrogen-bond donors (Lipinski definition) is 1. The number of amides is 1. The maximum Gasteiger partial charge on any atom is 0.306 e. The van der Waals surface area contributed by atoms with Crippen LogP contribution in [0.4, 0.5) is 5.69 Å². The number of hydrogen-bond acceptors (Lipinski definition) is 4. The number of nitrogens with one attached hydrogen (secondary N) is 1. The molecule has 2 aliphatic carbocycles. The molecule has 0 saturated heterocycles. The molecule has 0 aliphatic heterocycles. The summed E-state index contributed by atoms with van der Waals surface area (Å²) in [7, 11) is 0. The van der Waals surface area contributed by atoms with E-state index in [0.29, 0.717) is 35.4 Å². The first-order valence-corrected chi connectivity index (χ1v) is 9.95. The lowest BCUT2D eigenvalue weighted by Gasteiger charge is -2.20. The van der Waals surface area contributed by atoms with Crippen molar-refractivity contribution in [3.05, 3.63) is 54.6 Å². The minimum atomic E-state index is -0.370. The maximum atomic E-state index is 12.2. The molecule has 0 radical (unpaired) electrons. The smallest absolute Gasteiger partial charge is 0.306 e. The number of fused-ring (bicyclic) bond motifs is 2. The van der Waals surface area contributed by atoms with Crippen LogP contribution in [-0.2, 0) is 14.3 Å². The minimum absolute atomic E-state index is 0.276.